The molecule has 0 spiro atoms. The Morgan fingerprint density at radius 3 is 2.84 bits per heavy atom. The Kier molecular flexibility index (Phi) is 6.04. The first-order chi connectivity index (χ1) is 12.1. The molecule has 25 heavy (non-hydrogen) atoms. The SMILES string of the molecule is O=C(CC[C@H]1CCCN(C(=O)c2cscn2)C1)Nc1ccc(Cl)cc1. The van der Waals surface area contributed by atoms with Gasteiger partial charge in [0.05, 0.1) is 5.51 Å². The monoisotopic (exact) mass is 377 g/mol. The number of nitrogens with zero attached hydrogens (tertiary/aromatic N) is 2. The second-order valence-electron chi connectivity index (χ2n) is 6.23. The average molecular weight is 378 g/mol. The zero-order valence-corrected chi connectivity index (χ0v) is 15.4. The number of halogens is 1. The van der Waals surface area contributed by atoms with E-state index in [2.05, 4.69) is 10.3 Å². The molecule has 0 saturated carbocycles. The fourth-order valence-corrected chi connectivity index (χ4v) is 3.71. The van der Waals surface area contributed by atoms with Crippen LogP contribution in [0.5, 0.6) is 0 Å². The molecule has 1 aromatic carbocycles. The molecule has 1 aliphatic rings. The van der Waals surface area contributed by atoms with Gasteiger partial charge in [0.2, 0.25) is 5.91 Å². The number of amides is 2. The minimum absolute atomic E-state index is 0.00318. The Balaban J connectivity index is 1.47. The number of benzene rings is 1. The average Bonchev–Trinajstić information content (AvgIpc) is 3.16. The number of thiazole rings is 1. The number of carbonyl (C=O) groups excluding carboxylic acids is 2. The third-order valence-corrected chi connectivity index (χ3v) is 5.20. The van der Waals surface area contributed by atoms with Crippen molar-refractivity contribution in [1.29, 1.82) is 0 Å². The normalized spacial score (nSPS) is 17.3. The molecule has 1 fully saturated rings. The van der Waals surface area contributed by atoms with Crippen LogP contribution in [-0.2, 0) is 4.79 Å². The molecule has 1 saturated heterocycles. The van der Waals surface area contributed by atoms with Crippen molar-refractivity contribution in [3.63, 3.8) is 0 Å². The van der Waals surface area contributed by atoms with Crippen molar-refractivity contribution in [3.8, 4) is 0 Å². The third kappa shape index (κ3) is 5.03. The van der Waals surface area contributed by atoms with E-state index >= 15 is 0 Å². The summed E-state index contributed by atoms with van der Waals surface area (Å²) in [5.74, 6) is 0.342. The van der Waals surface area contributed by atoms with E-state index in [0.29, 0.717) is 29.6 Å². The van der Waals surface area contributed by atoms with Gasteiger partial charge in [-0.05, 0) is 49.4 Å². The van der Waals surface area contributed by atoms with Crippen LogP contribution in [0.25, 0.3) is 0 Å². The first-order valence-electron chi connectivity index (χ1n) is 8.34. The molecule has 3 rings (SSSR count). The summed E-state index contributed by atoms with van der Waals surface area (Å²) in [6.45, 7) is 1.47. The zero-order chi connectivity index (χ0) is 17.6. The molecule has 1 atom stereocenters. The van der Waals surface area contributed by atoms with Crippen molar-refractivity contribution in [2.24, 2.45) is 5.92 Å². The van der Waals surface area contributed by atoms with Crippen LogP contribution in [0.1, 0.15) is 36.2 Å². The van der Waals surface area contributed by atoms with Crippen LogP contribution in [0, 0.1) is 5.92 Å². The van der Waals surface area contributed by atoms with E-state index in [0.717, 1.165) is 31.5 Å². The zero-order valence-electron chi connectivity index (χ0n) is 13.8. The lowest BCUT2D eigenvalue weighted by atomic mass is 9.93. The van der Waals surface area contributed by atoms with Gasteiger partial charge >= 0.3 is 0 Å². The van der Waals surface area contributed by atoms with Gasteiger partial charge in [0.15, 0.2) is 0 Å². The minimum Gasteiger partial charge on any atom is -0.337 e. The number of hydrogen-bond acceptors (Lipinski definition) is 4. The maximum absolute atomic E-state index is 12.4. The standard InChI is InChI=1S/C18H20ClN3O2S/c19-14-4-6-15(7-5-14)21-17(23)8-3-13-2-1-9-22(10-13)18(24)16-11-25-12-20-16/h4-7,11-13H,1-3,8-10H2,(H,21,23)/t13-/m1/s1. The lowest BCUT2D eigenvalue weighted by molar-refractivity contribution is -0.116. The van der Waals surface area contributed by atoms with Crippen molar-refractivity contribution < 1.29 is 9.59 Å². The van der Waals surface area contributed by atoms with E-state index in [4.69, 9.17) is 11.6 Å². The van der Waals surface area contributed by atoms with Gasteiger partial charge in [-0.2, -0.15) is 0 Å². The van der Waals surface area contributed by atoms with Crippen LogP contribution in [-0.4, -0.2) is 34.8 Å². The van der Waals surface area contributed by atoms with E-state index in [1.54, 1.807) is 35.2 Å². The van der Waals surface area contributed by atoms with Gasteiger partial charge < -0.3 is 10.2 Å². The summed E-state index contributed by atoms with van der Waals surface area (Å²) in [6.07, 6.45) is 3.25. The Morgan fingerprint density at radius 1 is 1.32 bits per heavy atom. The Labute approximate surface area is 156 Å². The summed E-state index contributed by atoms with van der Waals surface area (Å²) in [6, 6.07) is 7.07. The molecular formula is C18H20ClN3O2S. The molecule has 2 amide bonds. The summed E-state index contributed by atoms with van der Waals surface area (Å²) in [5.41, 5.74) is 2.94. The number of carbonyl (C=O) groups is 2. The highest BCUT2D eigenvalue weighted by atomic mass is 35.5. The van der Waals surface area contributed by atoms with Gasteiger partial charge in [0.25, 0.3) is 5.91 Å². The first-order valence-corrected chi connectivity index (χ1v) is 9.67. The minimum atomic E-state index is -0.00901. The van der Waals surface area contributed by atoms with Gasteiger partial charge in [-0.3, -0.25) is 9.59 Å². The van der Waals surface area contributed by atoms with Gasteiger partial charge in [-0.15, -0.1) is 11.3 Å². The van der Waals surface area contributed by atoms with E-state index in [9.17, 15) is 9.59 Å². The van der Waals surface area contributed by atoms with Gasteiger partial charge in [0.1, 0.15) is 5.69 Å². The fraction of sp³-hybridized carbons (Fsp3) is 0.389. The molecule has 2 aromatic rings. The molecule has 0 aliphatic carbocycles. The Morgan fingerprint density at radius 2 is 2.12 bits per heavy atom. The summed E-state index contributed by atoms with van der Waals surface area (Å²) in [5, 5.41) is 5.31. The number of rotatable bonds is 5. The molecule has 2 heterocycles. The van der Waals surface area contributed by atoms with E-state index in [1.807, 2.05) is 4.90 Å². The van der Waals surface area contributed by atoms with Gasteiger partial charge in [0, 0.05) is 35.6 Å². The van der Waals surface area contributed by atoms with Crippen molar-refractivity contribution in [1.82, 2.24) is 9.88 Å². The van der Waals surface area contributed by atoms with Crippen LogP contribution in [0.3, 0.4) is 0 Å². The molecule has 0 unspecified atom stereocenters. The number of anilines is 1. The molecule has 0 bridgehead atoms. The van der Waals surface area contributed by atoms with Gasteiger partial charge in [-0.1, -0.05) is 11.6 Å². The van der Waals surface area contributed by atoms with Crippen molar-refractivity contribution in [2.45, 2.75) is 25.7 Å². The highest BCUT2D eigenvalue weighted by molar-refractivity contribution is 7.07. The molecule has 1 aliphatic heterocycles. The molecule has 0 radical (unpaired) electrons. The van der Waals surface area contributed by atoms with Crippen molar-refractivity contribution >= 4 is 40.4 Å². The number of aromatic nitrogens is 1. The lowest BCUT2D eigenvalue weighted by Crippen LogP contribution is -2.40. The summed E-state index contributed by atoms with van der Waals surface area (Å²) in [7, 11) is 0. The smallest absolute Gasteiger partial charge is 0.273 e. The van der Waals surface area contributed by atoms with Crippen molar-refractivity contribution in [3.05, 3.63) is 45.9 Å². The Bertz CT molecular complexity index is 718. The first kappa shape index (κ1) is 17.9. The van der Waals surface area contributed by atoms with E-state index in [-0.39, 0.29) is 11.8 Å². The topological polar surface area (TPSA) is 62.3 Å². The summed E-state index contributed by atoms with van der Waals surface area (Å²) >= 11 is 7.27. The fourth-order valence-electron chi connectivity index (χ4n) is 3.06. The highest BCUT2D eigenvalue weighted by Gasteiger charge is 2.25. The quantitative estimate of drug-likeness (QED) is 0.854. The summed E-state index contributed by atoms with van der Waals surface area (Å²) in [4.78, 5) is 30.5. The predicted octanol–water partition coefficient (Wildman–Crippen LogP) is 4.07. The number of nitrogens with one attached hydrogen (secondary N) is 1. The largest absolute Gasteiger partial charge is 0.337 e. The maximum Gasteiger partial charge on any atom is 0.273 e. The third-order valence-electron chi connectivity index (χ3n) is 4.37. The maximum atomic E-state index is 12.4. The Hall–Kier alpha value is -1.92. The van der Waals surface area contributed by atoms with Crippen LogP contribution in [0.15, 0.2) is 35.2 Å². The number of hydrogen-bond donors (Lipinski definition) is 1. The molecule has 5 nitrogen and oxygen atoms in total. The molecule has 1 aromatic heterocycles. The molecule has 132 valence electrons. The van der Waals surface area contributed by atoms with E-state index in [1.165, 1.54) is 11.3 Å². The number of likely N-dealkylation sites (tertiary alicyclic amines) is 1. The summed E-state index contributed by atoms with van der Waals surface area (Å²) < 4.78 is 0. The van der Waals surface area contributed by atoms with Crippen LogP contribution in [0.2, 0.25) is 5.02 Å². The van der Waals surface area contributed by atoms with Crippen LogP contribution in [0.4, 0.5) is 5.69 Å². The van der Waals surface area contributed by atoms with Crippen LogP contribution < -0.4 is 5.32 Å². The van der Waals surface area contributed by atoms with Gasteiger partial charge in [-0.25, -0.2) is 4.98 Å². The van der Waals surface area contributed by atoms with Crippen molar-refractivity contribution in [2.75, 3.05) is 18.4 Å². The second-order valence-corrected chi connectivity index (χ2v) is 7.38. The molecule has 1 N–H and O–H groups in total. The lowest BCUT2D eigenvalue weighted by Gasteiger charge is -2.32. The molecular weight excluding hydrogens is 358 g/mol. The van der Waals surface area contributed by atoms with E-state index < -0.39 is 0 Å². The molecule has 7 heteroatoms. The second kappa shape index (κ2) is 8.45. The highest BCUT2D eigenvalue weighted by Crippen LogP contribution is 2.23. The predicted molar refractivity (Wildman–Crippen MR) is 100 cm³/mol. The number of piperidine rings is 1. The van der Waals surface area contributed by atoms with Crippen LogP contribution >= 0.6 is 22.9 Å².